The van der Waals surface area contributed by atoms with Crippen LogP contribution < -0.4 is 5.32 Å². The summed E-state index contributed by atoms with van der Waals surface area (Å²) in [6.45, 7) is 5.77. The van der Waals surface area contributed by atoms with Crippen LogP contribution in [0.3, 0.4) is 0 Å². The second kappa shape index (κ2) is 8.11. The largest absolute Gasteiger partial charge is 0.481 e. The smallest absolute Gasteiger partial charge is 0.307 e. The molecule has 5 heteroatoms. The Kier molecular flexibility index (Phi) is 6.16. The van der Waals surface area contributed by atoms with E-state index in [0.29, 0.717) is 19.5 Å². The van der Waals surface area contributed by atoms with Crippen molar-refractivity contribution in [1.29, 1.82) is 0 Å². The number of carboxylic acid groups (broad SMARTS) is 1. The van der Waals surface area contributed by atoms with Gasteiger partial charge in [-0.2, -0.15) is 0 Å². The van der Waals surface area contributed by atoms with Crippen LogP contribution in [0, 0.1) is 5.92 Å². The highest BCUT2D eigenvalue weighted by Gasteiger charge is 2.30. The average molecular weight is 318 g/mol. The fraction of sp³-hybridized carbons (Fsp3) is 0.556. The summed E-state index contributed by atoms with van der Waals surface area (Å²) >= 11 is 0. The molecule has 0 saturated carbocycles. The molecule has 3 unspecified atom stereocenters. The number of benzene rings is 1. The van der Waals surface area contributed by atoms with Crippen LogP contribution in [-0.4, -0.2) is 47.6 Å². The van der Waals surface area contributed by atoms with E-state index in [2.05, 4.69) is 24.4 Å². The number of aliphatic carboxylic acids is 1. The van der Waals surface area contributed by atoms with Gasteiger partial charge in [-0.3, -0.25) is 14.5 Å². The minimum atomic E-state index is -0.764. The molecular weight excluding hydrogens is 292 g/mol. The zero-order valence-electron chi connectivity index (χ0n) is 13.9. The zero-order chi connectivity index (χ0) is 16.8. The number of nitrogens with one attached hydrogen (secondary N) is 1. The van der Waals surface area contributed by atoms with Crippen molar-refractivity contribution in [1.82, 2.24) is 10.2 Å². The maximum Gasteiger partial charge on any atom is 0.307 e. The third-order valence-electron chi connectivity index (χ3n) is 4.68. The van der Waals surface area contributed by atoms with Gasteiger partial charge >= 0.3 is 5.97 Å². The lowest BCUT2D eigenvalue weighted by molar-refractivity contribution is -0.145. The van der Waals surface area contributed by atoms with Crippen LogP contribution in [0.25, 0.3) is 0 Å². The van der Waals surface area contributed by atoms with Gasteiger partial charge in [-0.05, 0) is 37.8 Å². The summed E-state index contributed by atoms with van der Waals surface area (Å²) < 4.78 is 0. The molecule has 1 fully saturated rings. The van der Waals surface area contributed by atoms with E-state index in [1.54, 1.807) is 0 Å². The molecular formula is C18H26N2O3. The van der Waals surface area contributed by atoms with Crippen molar-refractivity contribution in [2.75, 3.05) is 19.6 Å². The molecule has 1 aliphatic heterocycles. The second-order valence-corrected chi connectivity index (χ2v) is 6.41. The Morgan fingerprint density at radius 3 is 2.65 bits per heavy atom. The van der Waals surface area contributed by atoms with Gasteiger partial charge in [0, 0.05) is 13.1 Å². The summed E-state index contributed by atoms with van der Waals surface area (Å²) in [5.74, 6) is -0.901. The molecule has 1 saturated heterocycles. The van der Waals surface area contributed by atoms with Gasteiger partial charge in [0.05, 0.1) is 12.0 Å². The Morgan fingerprint density at radius 1 is 1.30 bits per heavy atom. The van der Waals surface area contributed by atoms with Crippen LogP contribution in [-0.2, 0) is 9.59 Å². The van der Waals surface area contributed by atoms with Gasteiger partial charge in [0.25, 0.3) is 0 Å². The van der Waals surface area contributed by atoms with E-state index in [1.165, 1.54) is 5.56 Å². The van der Waals surface area contributed by atoms with Gasteiger partial charge in [-0.15, -0.1) is 0 Å². The first kappa shape index (κ1) is 17.5. The maximum absolute atomic E-state index is 12.4. The average Bonchev–Trinajstić information content (AvgIpc) is 2.59. The van der Waals surface area contributed by atoms with Gasteiger partial charge in [-0.1, -0.05) is 37.3 Å². The summed E-state index contributed by atoms with van der Waals surface area (Å²) in [6, 6.07) is 9.79. The first-order valence-corrected chi connectivity index (χ1v) is 8.28. The normalized spacial score (nSPS) is 21.4. The predicted molar refractivity (Wildman–Crippen MR) is 89.3 cm³/mol. The van der Waals surface area contributed by atoms with E-state index >= 15 is 0 Å². The van der Waals surface area contributed by atoms with Crippen molar-refractivity contribution in [3.63, 3.8) is 0 Å². The van der Waals surface area contributed by atoms with Gasteiger partial charge in [0.1, 0.15) is 0 Å². The molecule has 1 amide bonds. The van der Waals surface area contributed by atoms with Gasteiger partial charge in [-0.25, -0.2) is 0 Å². The summed E-state index contributed by atoms with van der Waals surface area (Å²) in [5, 5.41) is 12.1. The summed E-state index contributed by atoms with van der Waals surface area (Å²) in [7, 11) is 0. The molecule has 1 aliphatic rings. The number of carbonyl (C=O) groups is 2. The first-order valence-electron chi connectivity index (χ1n) is 8.28. The third kappa shape index (κ3) is 4.79. The van der Waals surface area contributed by atoms with E-state index in [4.69, 9.17) is 5.11 Å². The number of nitrogens with zero attached hydrogens (tertiary/aromatic N) is 1. The van der Waals surface area contributed by atoms with Crippen LogP contribution in [0.2, 0.25) is 0 Å². The highest BCUT2D eigenvalue weighted by atomic mass is 16.4. The van der Waals surface area contributed by atoms with Crippen molar-refractivity contribution in [2.24, 2.45) is 5.92 Å². The van der Waals surface area contributed by atoms with E-state index in [-0.39, 0.29) is 23.8 Å². The van der Waals surface area contributed by atoms with E-state index in [1.807, 2.05) is 30.0 Å². The molecule has 0 aliphatic carbocycles. The molecule has 0 bridgehead atoms. The van der Waals surface area contributed by atoms with Crippen LogP contribution in [0.1, 0.15) is 38.2 Å². The van der Waals surface area contributed by atoms with E-state index in [9.17, 15) is 9.59 Å². The van der Waals surface area contributed by atoms with Crippen molar-refractivity contribution in [3.8, 4) is 0 Å². The maximum atomic E-state index is 12.4. The summed E-state index contributed by atoms with van der Waals surface area (Å²) in [6.07, 6.45) is 1.53. The molecule has 1 aromatic rings. The minimum absolute atomic E-state index is 0.0289. The Balaban J connectivity index is 1.84. The highest BCUT2D eigenvalue weighted by Crippen LogP contribution is 2.19. The molecule has 3 atom stereocenters. The number of hydrogen-bond donors (Lipinski definition) is 2. The van der Waals surface area contributed by atoms with Crippen molar-refractivity contribution in [3.05, 3.63) is 35.9 Å². The highest BCUT2D eigenvalue weighted by molar-refractivity contribution is 5.81. The number of carbonyl (C=O) groups excluding carboxylic acids is 1. The molecule has 1 heterocycles. The number of amides is 1. The van der Waals surface area contributed by atoms with Crippen LogP contribution in [0.5, 0.6) is 0 Å². The lowest BCUT2D eigenvalue weighted by Crippen LogP contribution is -2.50. The Hall–Kier alpha value is -1.88. The number of rotatable bonds is 6. The molecule has 0 aromatic heterocycles. The van der Waals surface area contributed by atoms with E-state index in [0.717, 1.165) is 13.0 Å². The quantitative estimate of drug-likeness (QED) is 0.843. The molecule has 5 nitrogen and oxygen atoms in total. The monoisotopic (exact) mass is 318 g/mol. The molecule has 126 valence electrons. The lowest BCUT2D eigenvalue weighted by Gasteiger charge is -2.34. The Bertz CT molecular complexity index is 532. The Morgan fingerprint density at radius 2 is 2.00 bits per heavy atom. The van der Waals surface area contributed by atoms with E-state index < -0.39 is 5.97 Å². The second-order valence-electron chi connectivity index (χ2n) is 6.41. The van der Waals surface area contributed by atoms with Gasteiger partial charge in [0.15, 0.2) is 0 Å². The minimum Gasteiger partial charge on any atom is -0.481 e. The zero-order valence-corrected chi connectivity index (χ0v) is 13.9. The van der Waals surface area contributed by atoms with Crippen molar-refractivity contribution in [2.45, 2.75) is 38.6 Å². The fourth-order valence-corrected chi connectivity index (χ4v) is 3.03. The number of carboxylic acids is 1. The van der Waals surface area contributed by atoms with Gasteiger partial charge < -0.3 is 10.4 Å². The molecule has 0 spiro atoms. The molecule has 23 heavy (non-hydrogen) atoms. The Labute approximate surface area is 137 Å². The van der Waals surface area contributed by atoms with Crippen LogP contribution in [0.4, 0.5) is 0 Å². The number of likely N-dealkylation sites (tertiary alicyclic amines) is 1. The molecule has 1 aromatic carbocycles. The molecule has 2 rings (SSSR count). The van der Waals surface area contributed by atoms with Crippen LogP contribution >= 0.6 is 0 Å². The predicted octanol–water partition coefficient (Wildman–Crippen LogP) is 2.09. The topological polar surface area (TPSA) is 69.6 Å². The van der Waals surface area contributed by atoms with Crippen molar-refractivity contribution < 1.29 is 14.7 Å². The van der Waals surface area contributed by atoms with Gasteiger partial charge in [0.2, 0.25) is 5.91 Å². The van der Waals surface area contributed by atoms with Crippen molar-refractivity contribution >= 4 is 11.9 Å². The summed E-state index contributed by atoms with van der Waals surface area (Å²) in [5.41, 5.74) is 1.20. The molecule has 0 radical (unpaired) electrons. The molecule has 2 N–H and O–H groups in total. The first-order chi connectivity index (χ1) is 11.0. The fourth-order valence-electron chi connectivity index (χ4n) is 3.03. The third-order valence-corrected chi connectivity index (χ3v) is 4.68. The summed E-state index contributed by atoms with van der Waals surface area (Å²) in [4.78, 5) is 25.5. The SMILES string of the molecule is CC(CNC(=O)C(C)N1CCCC(C(=O)O)C1)c1ccccc1. The van der Waals surface area contributed by atoms with Crippen LogP contribution in [0.15, 0.2) is 30.3 Å². The lowest BCUT2D eigenvalue weighted by atomic mass is 9.97. The standard InChI is InChI=1S/C18H26N2O3/c1-13(15-7-4-3-5-8-15)11-19-17(21)14(2)20-10-6-9-16(12-20)18(22)23/h3-5,7-8,13-14,16H,6,9-12H2,1-2H3,(H,19,21)(H,22,23). The number of piperidine rings is 1. The number of hydrogen-bond acceptors (Lipinski definition) is 3.